The van der Waals surface area contributed by atoms with Crippen molar-refractivity contribution >= 4 is 16.5 Å². The molecule has 3 rings (SSSR count). The van der Waals surface area contributed by atoms with Gasteiger partial charge >= 0.3 is 0 Å². The molecular weight excluding hydrogens is 244 g/mol. The first-order valence-corrected chi connectivity index (χ1v) is 7.06. The molecule has 1 aliphatic carbocycles. The molecule has 0 aliphatic heterocycles. The lowest BCUT2D eigenvalue weighted by Crippen LogP contribution is -2.22. The van der Waals surface area contributed by atoms with E-state index in [4.69, 9.17) is 4.74 Å². The van der Waals surface area contributed by atoms with E-state index in [-0.39, 0.29) is 0 Å². The van der Waals surface area contributed by atoms with E-state index in [1.54, 1.807) is 11.3 Å². The zero-order valence-corrected chi connectivity index (χ0v) is 11.0. The Morgan fingerprint density at radius 2 is 2.11 bits per heavy atom. The number of hydrogen-bond acceptors (Lipinski definition) is 4. The summed E-state index contributed by atoms with van der Waals surface area (Å²) in [4.78, 5) is 4.23. The van der Waals surface area contributed by atoms with Gasteiger partial charge in [0.2, 0.25) is 0 Å². The first-order valence-electron chi connectivity index (χ1n) is 6.18. The highest BCUT2D eigenvalue weighted by atomic mass is 32.1. The van der Waals surface area contributed by atoms with Gasteiger partial charge in [-0.05, 0) is 25.0 Å². The molecule has 1 aromatic carbocycles. The molecule has 3 nitrogen and oxygen atoms in total. The number of para-hydroxylation sites is 1. The van der Waals surface area contributed by atoms with E-state index < -0.39 is 0 Å². The average Bonchev–Trinajstić information content (AvgIpc) is 3.00. The summed E-state index contributed by atoms with van der Waals surface area (Å²) in [5, 5.41) is 6.38. The number of hydrogen-bond donors (Lipinski definition) is 1. The molecule has 0 spiro atoms. The quantitative estimate of drug-likeness (QED) is 0.864. The standard InChI is InChI=1S/C14H16N2OS/c1-2-4-12(5-3-1)17-11-14(6-7-14)10-16-13-15-8-9-18-13/h1-5,8-9H,6-7,10-11H2,(H,15,16). The van der Waals surface area contributed by atoms with Crippen LogP contribution in [0.5, 0.6) is 5.75 Å². The molecular formula is C14H16N2OS. The Morgan fingerprint density at radius 1 is 1.28 bits per heavy atom. The molecule has 1 aliphatic rings. The molecule has 0 saturated heterocycles. The Bertz CT molecular complexity index is 480. The number of anilines is 1. The van der Waals surface area contributed by atoms with Crippen LogP contribution in [0.1, 0.15) is 12.8 Å². The highest BCUT2D eigenvalue weighted by Gasteiger charge is 2.43. The Balaban J connectivity index is 1.50. The zero-order valence-electron chi connectivity index (χ0n) is 10.1. The maximum absolute atomic E-state index is 5.85. The predicted molar refractivity (Wildman–Crippen MR) is 74.2 cm³/mol. The molecule has 1 aromatic heterocycles. The van der Waals surface area contributed by atoms with Gasteiger partial charge in [0.05, 0.1) is 6.61 Å². The van der Waals surface area contributed by atoms with Crippen LogP contribution in [0.15, 0.2) is 41.9 Å². The van der Waals surface area contributed by atoms with Gasteiger partial charge in [-0.25, -0.2) is 4.98 Å². The summed E-state index contributed by atoms with van der Waals surface area (Å²) in [7, 11) is 0. The Hall–Kier alpha value is -1.55. The fourth-order valence-corrected chi connectivity index (χ4v) is 2.40. The van der Waals surface area contributed by atoms with Gasteiger partial charge in [-0.3, -0.25) is 0 Å². The molecule has 1 N–H and O–H groups in total. The second-order valence-electron chi connectivity index (χ2n) is 4.79. The smallest absolute Gasteiger partial charge is 0.182 e. The topological polar surface area (TPSA) is 34.1 Å². The zero-order chi connectivity index (χ0) is 12.3. The van der Waals surface area contributed by atoms with Crippen LogP contribution in [0.3, 0.4) is 0 Å². The number of nitrogens with zero attached hydrogens (tertiary/aromatic N) is 1. The Labute approximate surface area is 111 Å². The van der Waals surface area contributed by atoms with Crippen LogP contribution in [0, 0.1) is 5.41 Å². The van der Waals surface area contributed by atoms with Crippen LogP contribution in [0.2, 0.25) is 0 Å². The van der Waals surface area contributed by atoms with E-state index in [1.165, 1.54) is 12.8 Å². The van der Waals surface area contributed by atoms with Gasteiger partial charge < -0.3 is 10.1 Å². The van der Waals surface area contributed by atoms with E-state index in [2.05, 4.69) is 10.3 Å². The van der Waals surface area contributed by atoms with Crippen molar-refractivity contribution in [2.75, 3.05) is 18.5 Å². The molecule has 0 unspecified atom stereocenters. The molecule has 0 atom stereocenters. The van der Waals surface area contributed by atoms with Gasteiger partial charge in [0, 0.05) is 23.5 Å². The first-order chi connectivity index (χ1) is 8.86. The predicted octanol–water partition coefficient (Wildman–Crippen LogP) is 3.41. The molecule has 18 heavy (non-hydrogen) atoms. The highest BCUT2D eigenvalue weighted by Crippen LogP contribution is 2.46. The number of aromatic nitrogens is 1. The van der Waals surface area contributed by atoms with Crippen molar-refractivity contribution in [1.82, 2.24) is 4.98 Å². The summed E-state index contributed by atoms with van der Waals surface area (Å²) >= 11 is 1.64. The number of nitrogens with one attached hydrogen (secondary N) is 1. The Kier molecular flexibility index (Phi) is 3.19. The average molecular weight is 260 g/mol. The van der Waals surface area contributed by atoms with Crippen LogP contribution in [0.4, 0.5) is 5.13 Å². The third-order valence-corrected chi connectivity index (χ3v) is 4.02. The first kappa shape index (κ1) is 11.5. The van der Waals surface area contributed by atoms with Crippen LogP contribution in [0.25, 0.3) is 0 Å². The van der Waals surface area contributed by atoms with Crippen molar-refractivity contribution in [2.45, 2.75) is 12.8 Å². The van der Waals surface area contributed by atoms with E-state index in [0.717, 1.165) is 24.0 Å². The van der Waals surface area contributed by atoms with Gasteiger partial charge in [0.1, 0.15) is 5.75 Å². The van der Waals surface area contributed by atoms with Crippen molar-refractivity contribution in [3.8, 4) is 5.75 Å². The summed E-state index contributed by atoms with van der Waals surface area (Å²) in [6.07, 6.45) is 4.30. The van der Waals surface area contributed by atoms with Gasteiger partial charge in [0.15, 0.2) is 5.13 Å². The second kappa shape index (κ2) is 4.98. The molecule has 94 valence electrons. The summed E-state index contributed by atoms with van der Waals surface area (Å²) in [5.41, 5.74) is 0.307. The third-order valence-electron chi connectivity index (χ3n) is 3.29. The van der Waals surface area contributed by atoms with Crippen molar-refractivity contribution in [2.24, 2.45) is 5.41 Å². The summed E-state index contributed by atoms with van der Waals surface area (Å²) in [5.74, 6) is 0.957. The van der Waals surface area contributed by atoms with Gasteiger partial charge in [0.25, 0.3) is 0 Å². The number of benzene rings is 1. The van der Waals surface area contributed by atoms with E-state index in [1.807, 2.05) is 41.9 Å². The van der Waals surface area contributed by atoms with Crippen molar-refractivity contribution in [1.29, 1.82) is 0 Å². The normalized spacial score (nSPS) is 16.2. The van der Waals surface area contributed by atoms with Crippen LogP contribution >= 0.6 is 11.3 Å². The summed E-state index contributed by atoms with van der Waals surface area (Å²) < 4.78 is 5.85. The lowest BCUT2D eigenvalue weighted by Gasteiger charge is -2.16. The van der Waals surface area contributed by atoms with Gasteiger partial charge in [-0.1, -0.05) is 18.2 Å². The maximum Gasteiger partial charge on any atom is 0.182 e. The molecule has 1 saturated carbocycles. The fraction of sp³-hybridized carbons (Fsp3) is 0.357. The highest BCUT2D eigenvalue weighted by molar-refractivity contribution is 7.13. The minimum atomic E-state index is 0.307. The van der Waals surface area contributed by atoms with E-state index in [0.29, 0.717) is 5.41 Å². The molecule has 1 fully saturated rings. The van der Waals surface area contributed by atoms with E-state index >= 15 is 0 Å². The van der Waals surface area contributed by atoms with Crippen LogP contribution in [-0.4, -0.2) is 18.1 Å². The largest absolute Gasteiger partial charge is 0.493 e. The lowest BCUT2D eigenvalue weighted by atomic mass is 10.1. The van der Waals surface area contributed by atoms with E-state index in [9.17, 15) is 0 Å². The monoisotopic (exact) mass is 260 g/mol. The SMILES string of the molecule is c1ccc(OCC2(CNc3nccs3)CC2)cc1. The molecule has 1 heterocycles. The molecule has 2 aromatic rings. The second-order valence-corrected chi connectivity index (χ2v) is 5.69. The minimum absolute atomic E-state index is 0.307. The van der Waals surface area contributed by atoms with Gasteiger partial charge in [-0.2, -0.15) is 0 Å². The molecule has 0 radical (unpaired) electrons. The van der Waals surface area contributed by atoms with Crippen LogP contribution < -0.4 is 10.1 Å². The third kappa shape index (κ3) is 2.82. The lowest BCUT2D eigenvalue weighted by molar-refractivity contribution is 0.242. The van der Waals surface area contributed by atoms with Crippen LogP contribution in [-0.2, 0) is 0 Å². The Morgan fingerprint density at radius 3 is 2.78 bits per heavy atom. The molecule has 0 amide bonds. The fourth-order valence-electron chi connectivity index (χ4n) is 1.88. The summed E-state index contributed by atoms with van der Waals surface area (Å²) in [6.45, 7) is 1.74. The molecule has 0 bridgehead atoms. The van der Waals surface area contributed by atoms with Crippen molar-refractivity contribution < 1.29 is 4.74 Å². The summed E-state index contributed by atoms with van der Waals surface area (Å²) in [6, 6.07) is 10.0. The van der Waals surface area contributed by atoms with Crippen molar-refractivity contribution in [3.05, 3.63) is 41.9 Å². The minimum Gasteiger partial charge on any atom is -0.493 e. The number of ether oxygens (including phenoxy) is 1. The molecule has 4 heteroatoms. The van der Waals surface area contributed by atoms with Gasteiger partial charge in [-0.15, -0.1) is 11.3 Å². The number of thiazole rings is 1. The van der Waals surface area contributed by atoms with Crippen molar-refractivity contribution in [3.63, 3.8) is 0 Å². The maximum atomic E-state index is 5.85. The number of rotatable bonds is 6.